The van der Waals surface area contributed by atoms with E-state index < -0.39 is 12.0 Å². The minimum absolute atomic E-state index is 0.246. The Balaban J connectivity index is 1.93. The number of urea groups is 1. The molecule has 1 unspecified atom stereocenters. The quantitative estimate of drug-likeness (QED) is 0.783. The van der Waals surface area contributed by atoms with E-state index in [1.807, 2.05) is 31.2 Å². The zero-order valence-electron chi connectivity index (χ0n) is 13.9. The summed E-state index contributed by atoms with van der Waals surface area (Å²) >= 11 is 0. The summed E-state index contributed by atoms with van der Waals surface area (Å²) < 4.78 is 0. The molecule has 1 saturated heterocycles. The summed E-state index contributed by atoms with van der Waals surface area (Å²) in [5, 5.41) is 14.2. The van der Waals surface area contributed by atoms with Crippen molar-refractivity contribution in [1.82, 2.24) is 10.2 Å². The van der Waals surface area contributed by atoms with Gasteiger partial charge in [0, 0.05) is 18.8 Å². The highest BCUT2D eigenvalue weighted by atomic mass is 16.4. The lowest BCUT2D eigenvalue weighted by atomic mass is 9.97. The molecule has 1 fully saturated rings. The van der Waals surface area contributed by atoms with Gasteiger partial charge in [-0.2, -0.15) is 0 Å². The van der Waals surface area contributed by atoms with Gasteiger partial charge in [0.2, 0.25) is 5.91 Å². The maximum absolute atomic E-state index is 12.4. The van der Waals surface area contributed by atoms with E-state index in [9.17, 15) is 14.4 Å². The Morgan fingerprint density at radius 1 is 1.33 bits per heavy atom. The number of aliphatic carboxylic acids is 1. The van der Waals surface area contributed by atoms with Gasteiger partial charge in [-0.3, -0.25) is 9.59 Å². The van der Waals surface area contributed by atoms with Crippen LogP contribution < -0.4 is 10.6 Å². The molecule has 2 atom stereocenters. The highest BCUT2D eigenvalue weighted by Crippen LogP contribution is 2.18. The predicted octanol–water partition coefficient (Wildman–Crippen LogP) is 1.83. The Morgan fingerprint density at radius 3 is 2.75 bits per heavy atom. The van der Waals surface area contributed by atoms with E-state index in [0.717, 1.165) is 5.56 Å². The van der Waals surface area contributed by atoms with Crippen LogP contribution >= 0.6 is 0 Å². The number of amides is 3. The molecule has 1 aromatic rings. The third-order valence-electron chi connectivity index (χ3n) is 4.08. The molecule has 1 aromatic carbocycles. The number of carboxylic acid groups (broad SMARTS) is 1. The van der Waals surface area contributed by atoms with Gasteiger partial charge < -0.3 is 20.6 Å². The molecule has 3 N–H and O–H groups in total. The molecular formula is C17H23N3O4. The molecule has 24 heavy (non-hydrogen) atoms. The van der Waals surface area contributed by atoms with E-state index in [0.29, 0.717) is 25.1 Å². The Hall–Kier alpha value is -2.57. The van der Waals surface area contributed by atoms with Crippen LogP contribution in [0.1, 0.15) is 25.3 Å². The van der Waals surface area contributed by atoms with E-state index in [2.05, 4.69) is 10.6 Å². The number of carboxylic acids is 1. The number of carbonyl (C=O) groups excluding carboxylic acids is 2. The van der Waals surface area contributed by atoms with Crippen molar-refractivity contribution < 1.29 is 19.5 Å². The van der Waals surface area contributed by atoms with Crippen molar-refractivity contribution in [1.29, 1.82) is 0 Å². The Kier molecular flexibility index (Phi) is 5.78. The van der Waals surface area contributed by atoms with Crippen molar-refractivity contribution in [2.75, 3.05) is 18.4 Å². The number of carbonyl (C=O) groups is 3. The molecule has 7 heteroatoms. The smallest absolute Gasteiger partial charge is 0.325 e. The first kappa shape index (κ1) is 17.8. The first-order valence-corrected chi connectivity index (χ1v) is 8.02. The number of piperidine rings is 1. The molecule has 0 radical (unpaired) electrons. The number of likely N-dealkylation sites (tertiary alicyclic amines) is 1. The fourth-order valence-electron chi connectivity index (χ4n) is 2.69. The number of nitrogens with one attached hydrogen (secondary N) is 2. The van der Waals surface area contributed by atoms with Crippen LogP contribution in [0.25, 0.3) is 0 Å². The minimum Gasteiger partial charge on any atom is -0.480 e. The van der Waals surface area contributed by atoms with Crippen molar-refractivity contribution in [3.05, 3.63) is 29.8 Å². The van der Waals surface area contributed by atoms with Crippen LogP contribution in [-0.2, 0) is 9.59 Å². The highest BCUT2D eigenvalue weighted by Gasteiger charge is 2.29. The summed E-state index contributed by atoms with van der Waals surface area (Å²) in [5.41, 5.74) is 1.76. The molecule has 2 rings (SSSR count). The van der Waals surface area contributed by atoms with Crippen LogP contribution in [0.2, 0.25) is 0 Å². The summed E-state index contributed by atoms with van der Waals surface area (Å²) in [5.74, 6) is -1.78. The van der Waals surface area contributed by atoms with Crippen LogP contribution in [0.15, 0.2) is 24.3 Å². The summed E-state index contributed by atoms with van der Waals surface area (Å²) in [6.45, 7) is 4.23. The van der Waals surface area contributed by atoms with Gasteiger partial charge in [-0.1, -0.05) is 12.1 Å². The topological polar surface area (TPSA) is 98.7 Å². The summed E-state index contributed by atoms with van der Waals surface area (Å²) in [6.07, 6.45) is 1.35. The number of nitrogens with zero attached hydrogens (tertiary/aromatic N) is 1. The summed E-state index contributed by atoms with van der Waals surface area (Å²) in [6, 6.07) is 6.32. The lowest BCUT2D eigenvalue weighted by Gasteiger charge is -2.32. The van der Waals surface area contributed by atoms with Crippen LogP contribution in [0, 0.1) is 12.8 Å². The standard InChI is InChI=1S/C17H23N3O4/c1-11-5-3-7-14(9-11)19-17(24)20-8-4-6-13(10-20)15(21)18-12(2)16(22)23/h3,5,7,9,12-13H,4,6,8,10H2,1-2H3,(H,18,21)(H,19,24)(H,22,23)/t12-,13?/m0/s1. The molecule has 7 nitrogen and oxygen atoms in total. The maximum Gasteiger partial charge on any atom is 0.325 e. The van der Waals surface area contributed by atoms with Crippen LogP contribution in [0.4, 0.5) is 10.5 Å². The third-order valence-corrected chi connectivity index (χ3v) is 4.08. The van der Waals surface area contributed by atoms with Gasteiger partial charge in [0.1, 0.15) is 6.04 Å². The monoisotopic (exact) mass is 333 g/mol. The van der Waals surface area contributed by atoms with E-state index in [1.165, 1.54) is 6.92 Å². The zero-order valence-corrected chi connectivity index (χ0v) is 13.9. The molecule has 130 valence electrons. The number of aryl methyl sites for hydroxylation is 1. The molecule has 1 heterocycles. The second kappa shape index (κ2) is 7.81. The molecule has 1 aliphatic rings. The molecule has 0 bridgehead atoms. The van der Waals surface area contributed by atoms with Crippen LogP contribution in [0.5, 0.6) is 0 Å². The molecule has 1 aliphatic heterocycles. The van der Waals surface area contributed by atoms with E-state index in [4.69, 9.17) is 5.11 Å². The van der Waals surface area contributed by atoms with Crippen molar-refractivity contribution >= 4 is 23.6 Å². The van der Waals surface area contributed by atoms with E-state index in [1.54, 1.807) is 4.90 Å². The number of rotatable bonds is 4. The summed E-state index contributed by atoms with van der Waals surface area (Å²) in [7, 11) is 0. The van der Waals surface area contributed by atoms with Gasteiger partial charge in [0.15, 0.2) is 0 Å². The molecule has 0 saturated carbocycles. The van der Waals surface area contributed by atoms with E-state index >= 15 is 0 Å². The summed E-state index contributed by atoms with van der Waals surface area (Å²) in [4.78, 5) is 36.9. The van der Waals surface area contributed by atoms with Crippen molar-refractivity contribution in [2.24, 2.45) is 5.92 Å². The Morgan fingerprint density at radius 2 is 2.08 bits per heavy atom. The van der Waals surface area contributed by atoms with Crippen molar-refractivity contribution in [2.45, 2.75) is 32.7 Å². The van der Waals surface area contributed by atoms with Gasteiger partial charge in [0.05, 0.1) is 5.92 Å². The third kappa shape index (κ3) is 4.71. The predicted molar refractivity (Wildman–Crippen MR) is 89.7 cm³/mol. The highest BCUT2D eigenvalue weighted by molar-refractivity contribution is 5.90. The average Bonchev–Trinajstić information content (AvgIpc) is 2.54. The largest absolute Gasteiger partial charge is 0.480 e. The second-order valence-corrected chi connectivity index (χ2v) is 6.15. The first-order chi connectivity index (χ1) is 11.4. The number of hydrogen-bond donors (Lipinski definition) is 3. The molecule has 0 aromatic heterocycles. The molecule has 3 amide bonds. The second-order valence-electron chi connectivity index (χ2n) is 6.15. The van der Waals surface area contributed by atoms with E-state index in [-0.39, 0.29) is 24.4 Å². The molecular weight excluding hydrogens is 310 g/mol. The van der Waals surface area contributed by atoms with Gasteiger partial charge in [0.25, 0.3) is 0 Å². The van der Waals surface area contributed by atoms with Gasteiger partial charge in [-0.25, -0.2) is 4.79 Å². The van der Waals surface area contributed by atoms with Crippen LogP contribution in [0.3, 0.4) is 0 Å². The minimum atomic E-state index is -1.08. The number of benzene rings is 1. The van der Waals surface area contributed by atoms with Gasteiger partial charge in [-0.15, -0.1) is 0 Å². The van der Waals surface area contributed by atoms with Crippen LogP contribution in [-0.4, -0.2) is 47.0 Å². The Labute approximate surface area is 141 Å². The van der Waals surface area contributed by atoms with Gasteiger partial charge in [-0.05, 0) is 44.4 Å². The fraction of sp³-hybridized carbons (Fsp3) is 0.471. The van der Waals surface area contributed by atoms with Crippen molar-refractivity contribution in [3.8, 4) is 0 Å². The lowest BCUT2D eigenvalue weighted by molar-refractivity contribution is -0.142. The lowest BCUT2D eigenvalue weighted by Crippen LogP contribution is -2.49. The maximum atomic E-state index is 12.4. The van der Waals surface area contributed by atoms with Gasteiger partial charge >= 0.3 is 12.0 Å². The number of anilines is 1. The molecule has 0 spiro atoms. The fourth-order valence-corrected chi connectivity index (χ4v) is 2.69. The number of hydrogen-bond acceptors (Lipinski definition) is 3. The van der Waals surface area contributed by atoms with Crippen molar-refractivity contribution in [3.63, 3.8) is 0 Å². The normalized spacial score (nSPS) is 18.6. The first-order valence-electron chi connectivity index (χ1n) is 8.02. The Bertz CT molecular complexity index is 632. The molecule has 0 aliphatic carbocycles. The average molecular weight is 333 g/mol. The SMILES string of the molecule is Cc1cccc(NC(=O)N2CCCC(C(=O)N[C@@H](C)C(=O)O)C2)c1. The zero-order chi connectivity index (χ0) is 17.7.